The summed E-state index contributed by atoms with van der Waals surface area (Å²) in [6, 6.07) is 0. The van der Waals surface area contributed by atoms with Crippen LogP contribution in [0.4, 0.5) is 4.79 Å². The lowest BCUT2D eigenvalue weighted by atomic mass is 11.3. The molecule has 0 aliphatic heterocycles. The Morgan fingerprint density at radius 2 is 2.29 bits per heavy atom. The lowest BCUT2D eigenvalue weighted by Crippen LogP contribution is -2.30. The van der Waals surface area contributed by atoms with Gasteiger partial charge < -0.3 is 0 Å². The largest absolute Gasteiger partial charge is 0.292 e. The Morgan fingerprint density at radius 3 is 2.43 bits per heavy atom. The van der Waals surface area contributed by atoms with Crippen molar-refractivity contribution in [2.24, 2.45) is 0 Å². The Hall–Kier alpha value is -0.220. The Morgan fingerprint density at radius 1 is 1.71 bits per heavy atom. The lowest BCUT2D eigenvalue weighted by molar-refractivity contribution is 0.258. The summed E-state index contributed by atoms with van der Waals surface area (Å²) in [5.74, 6) is 0. The molecule has 2 N–H and O–H groups in total. The molecule has 3 nitrogen and oxygen atoms in total. The molecular formula is C3H8N2OS. The van der Waals surface area contributed by atoms with Gasteiger partial charge in [-0.15, -0.1) is 0 Å². The number of rotatable bonds is 1. The second-order valence-corrected chi connectivity index (χ2v) is 1.65. The molecule has 0 saturated carbocycles. The molecule has 0 fully saturated rings. The number of carbonyl (C=O) groups is 1. The number of thioether (sulfide) groups is 1. The van der Waals surface area contributed by atoms with E-state index in [2.05, 4.69) is 10.9 Å². The van der Waals surface area contributed by atoms with Crippen LogP contribution in [-0.4, -0.2) is 18.5 Å². The number of hydrazine groups is 1. The standard InChI is InChI=1S/C3H8N2OS/c1-4-5-3(6)7-2/h4H,1-2H3,(H,5,6). The van der Waals surface area contributed by atoms with Crippen LogP contribution in [0, 0.1) is 0 Å². The fourth-order valence-corrected chi connectivity index (χ4v) is 0.357. The Kier molecular flexibility index (Phi) is 3.83. The van der Waals surface area contributed by atoms with E-state index in [1.165, 1.54) is 0 Å². The molecule has 0 bridgehead atoms. The maximum atomic E-state index is 10.2. The fraction of sp³-hybridized carbons (Fsp3) is 0.667. The van der Waals surface area contributed by atoms with Crippen molar-refractivity contribution in [1.82, 2.24) is 10.9 Å². The minimum atomic E-state index is -0.0671. The summed E-state index contributed by atoms with van der Waals surface area (Å²) in [5.41, 5.74) is 4.87. The first-order valence-corrected chi connectivity index (χ1v) is 3.04. The molecule has 1 amide bonds. The van der Waals surface area contributed by atoms with Gasteiger partial charge in [-0.05, 0) is 6.26 Å². The van der Waals surface area contributed by atoms with Crippen molar-refractivity contribution < 1.29 is 4.79 Å². The number of hydrogen-bond donors (Lipinski definition) is 2. The summed E-state index contributed by atoms with van der Waals surface area (Å²) in [7, 11) is 1.65. The quantitative estimate of drug-likeness (QED) is 0.485. The highest BCUT2D eigenvalue weighted by Gasteiger charge is 1.88. The van der Waals surface area contributed by atoms with E-state index in [0.717, 1.165) is 11.8 Å². The number of nitrogens with one attached hydrogen (secondary N) is 2. The van der Waals surface area contributed by atoms with Gasteiger partial charge in [-0.3, -0.25) is 10.2 Å². The van der Waals surface area contributed by atoms with Gasteiger partial charge in [-0.25, -0.2) is 5.43 Å². The second-order valence-electron chi connectivity index (χ2n) is 0.867. The molecule has 0 radical (unpaired) electrons. The van der Waals surface area contributed by atoms with Crippen LogP contribution >= 0.6 is 11.8 Å². The molecule has 0 aliphatic rings. The molecule has 4 heteroatoms. The number of amides is 1. The highest BCUT2D eigenvalue weighted by Crippen LogP contribution is 1.88. The van der Waals surface area contributed by atoms with Crippen LogP contribution in [0.5, 0.6) is 0 Å². The van der Waals surface area contributed by atoms with E-state index in [1.54, 1.807) is 13.3 Å². The highest BCUT2D eigenvalue weighted by molar-refractivity contribution is 8.12. The summed E-state index contributed by atoms with van der Waals surface area (Å²) in [5, 5.41) is -0.0671. The molecule has 0 spiro atoms. The zero-order valence-corrected chi connectivity index (χ0v) is 5.13. The fourth-order valence-electron chi connectivity index (χ4n) is 0.153. The Balaban J connectivity index is 3.00. The van der Waals surface area contributed by atoms with Crippen molar-refractivity contribution in [2.75, 3.05) is 13.3 Å². The summed E-state index contributed by atoms with van der Waals surface area (Å²) in [4.78, 5) is 10.2. The average molecular weight is 120 g/mol. The number of hydrogen-bond acceptors (Lipinski definition) is 3. The topological polar surface area (TPSA) is 41.1 Å². The molecule has 0 saturated heterocycles. The number of carbonyl (C=O) groups excluding carboxylic acids is 1. The smallest absolute Gasteiger partial charge is 0.283 e. The van der Waals surface area contributed by atoms with Gasteiger partial charge in [0, 0.05) is 7.05 Å². The van der Waals surface area contributed by atoms with E-state index in [9.17, 15) is 4.79 Å². The van der Waals surface area contributed by atoms with Crippen LogP contribution in [0.15, 0.2) is 0 Å². The normalized spacial score (nSPS) is 8.29. The predicted octanol–water partition coefficient (Wildman–Crippen LogP) is 0.193. The van der Waals surface area contributed by atoms with Gasteiger partial charge in [0.2, 0.25) is 0 Å². The van der Waals surface area contributed by atoms with E-state index in [0.29, 0.717) is 0 Å². The van der Waals surface area contributed by atoms with Crippen LogP contribution in [0.2, 0.25) is 0 Å². The summed E-state index contributed by atoms with van der Waals surface area (Å²) < 4.78 is 0. The molecule has 0 aromatic heterocycles. The van der Waals surface area contributed by atoms with Crippen LogP contribution in [0.3, 0.4) is 0 Å². The van der Waals surface area contributed by atoms with Crippen molar-refractivity contribution >= 4 is 17.0 Å². The highest BCUT2D eigenvalue weighted by atomic mass is 32.2. The van der Waals surface area contributed by atoms with Crippen LogP contribution in [-0.2, 0) is 0 Å². The van der Waals surface area contributed by atoms with Crippen molar-refractivity contribution in [3.8, 4) is 0 Å². The lowest BCUT2D eigenvalue weighted by Gasteiger charge is -1.95. The zero-order chi connectivity index (χ0) is 5.70. The maximum Gasteiger partial charge on any atom is 0.292 e. The molecule has 42 valence electrons. The monoisotopic (exact) mass is 120 g/mol. The van der Waals surface area contributed by atoms with E-state index in [1.807, 2.05) is 0 Å². The third kappa shape index (κ3) is 3.61. The van der Waals surface area contributed by atoms with Gasteiger partial charge in [0.15, 0.2) is 0 Å². The van der Waals surface area contributed by atoms with Crippen molar-refractivity contribution in [3.05, 3.63) is 0 Å². The first-order valence-electron chi connectivity index (χ1n) is 1.82. The molecule has 0 heterocycles. The van der Waals surface area contributed by atoms with E-state index < -0.39 is 0 Å². The summed E-state index contributed by atoms with van der Waals surface area (Å²) in [6.45, 7) is 0. The van der Waals surface area contributed by atoms with Crippen molar-refractivity contribution in [2.45, 2.75) is 0 Å². The van der Waals surface area contributed by atoms with Crippen LogP contribution < -0.4 is 10.9 Å². The molecule has 0 aromatic carbocycles. The summed E-state index contributed by atoms with van der Waals surface area (Å²) in [6.07, 6.45) is 1.71. The maximum absolute atomic E-state index is 10.2. The molecule has 0 atom stereocenters. The summed E-state index contributed by atoms with van der Waals surface area (Å²) >= 11 is 1.14. The minimum Gasteiger partial charge on any atom is -0.283 e. The van der Waals surface area contributed by atoms with Gasteiger partial charge in [-0.2, -0.15) is 0 Å². The Labute approximate surface area is 46.8 Å². The third-order valence-corrected chi connectivity index (χ3v) is 0.885. The van der Waals surface area contributed by atoms with E-state index in [-0.39, 0.29) is 5.24 Å². The molecule has 0 unspecified atom stereocenters. The molecule has 0 aromatic rings. The van der Waals surface area contributed by atoms with Crippen LogP contribution in [0.25, 0.3) is 0 Å². The Bertz CT molecular complexity index is 66.0. The molecule has 7 heavy (non-hydrogen) atoms. The van der Waals surface area contributed by atoms with Crippen molar-refractivity contribution in [1.29, 1.82) is 0 Å². The zero-order valence-electron chi connectivity index (χ0n) is 4.32. The third-order valence-electron chi connectivity index (χ3n) is 0.412. The van der Waals surface area contributed by atoms with Gasteiger partial charge in [0.25, 0.3) is 5.24 Å². The van der Waals surface area contributed by atoms with Gasteiger partial charge in [0.05, 0.1) is 0 Å². The van der Waals surface area contributed by atoms with Gasteiger partial charge in [0.1, 0.15) is 0 Å². The van der Waals surface area contributed by atoms with Crippen molar-refractivity contribution in [3.63, 3.8) is 0 Å². The first kappa shape index (κ1) is 6.78. The average Bonchev–Trinajstić information content (AvgIpc) is 1.68. The minimum absolute atomic E-state index is 0.0671. The van der Waals surface area contributed by atoms with Crippen LogP contribution in [0.1, 0.15) is 0 Å². The SMILES string of the molecule is CNNC(=O)SC. The molecule has 0 rings (SSSR count). The van der Waals surface area contributed by atoms with E-state index >= 15 is 0 Å². The van der Waals surface area contributed by atoms with Gasteiger partial charge >= 0.3 is 0 Å². The van der Waals surface area contributed by atoms with Gasteiger partial charge in [-0.1, -0.05) is 11.8 Å². The second kappa shape index (κ2) is 3.95. The first-order chi connectivity index (χ1) is 3.31. The predicted molar refractivity (Wildman–Crippen MR) is 31.1 cm³/mol. The van der Waals surface area contributed by atoms with E-state index in [4.69, 9.17) is 0 Å². The molecule has 0 aliphatic carbocycles. The molecular weight excluding hydrogens is 112 g/mol.